The molecule has 0 saturated carbocycles. The Morgan fingerprint density at radius 2 is 1.96 bits per heavy atom. The summed E-state index contributed by atoms with van der Waals surface area (Å²) in [7, 11) is 1.67. The van der Waals surface area contributed by atoms with Gasteiger partial charge in [0, 0.05) is 29.1 Å². The summed E-state index contributed by atoms with van der Waals surface area (Å²) < 4.78 is 5.37. The largest absolute Gasteiger partial charge is 0.496 e. The summed E-state index contributed by atoms with van der Waals surface area (Å²) in [4.78, 5) is 16.7. The van der Waals surface area contributed by atoms with Crippen molar-refractivity contribution in [1.82, 2.24) is 4.98 Å². The molecule has 0 bridgehead atoms. The van der Waals surface area contributed by atoms with Crippen molar-refractivity contribution in [3.63, 3.8) is 0 Å². The first-order valence-electron chi connectivity index (χ1n) is 8.97. The van der Waals surface area contributed by atoms with E-state index in [1.807, 2.05) is 43.3 Å². The summed E-state index contributed by atoms with van der Waals surface area (Å²) in [5, 5.41) is 6.80. The highest BCUT2D eigenvalue weighted by atomic mass is 35.5. The first-order valence-corrected chi connectivity index (χ1v) is 9.34. The van der Waals surface area contributed by atoms with Gasteiger partial charge in [-0.15, -0.1) is 0 Å². The molecular formula is C22H22ClN3O2. The third kappa shape index (κ3) is 4.81. The maximum Gasteiger partial charge on any atom is 0.274 e. The monoisotopic (exact) mass is 395 g/mol. The van der Waals surface area contributed by atoms with Gasteiger partial charge in [0.2, 0.25) is 0 Å². The molecule has 3 rings (SSSR count). The Morgan fingerprint density at radius 3 is 2.79 bits per heavy atom. The van der Waals surface area contributed by atoms with Crippen molar-refractivity contribution >= 4 is 28.9 Å². The molecule has 2 N–H and O–H groups in total. The SMILES string of the molecule is COc1ccccc1CCNc1ccnc(C(=O)Nc2cccc(Cl)c2C)c1. The fourth-order valence-electron chi connectivity index (χ4n) is 2.84. The lowest BCUT2D eigenvalue weighted by Gasteiger charge is -2.11. The summed E-state index contributed by atoms with van der Waals surface area (Å²) >= 11 is 6.11. The molecule has 144 valence electrons. The van der Waals surface area contributed by atoms with E-state index in [1.54, 1.807) is 31.5 Å². The number of para-hydroxylation sites is 1. The molecule has 0 aliphatic rings. The number of carbonyl (C=O) groups is 1. The molecule has 28 heavy (non-hydrogen) atoms. The Bertz CT molecular complexity index is 976. The third-order valence-corrected chi connectivity index (χ3v) is 4.83. The van der Waals surface area contributed by atoms with Crippen LogP contribution in [0.5, 0.6) is 5.75 Å². The van der Waals surface area contributed by atoms with Crippen LogP contribution in [0.15, 0.2) is 60.8 Å². The van der Waals surface area contributed by atoms with E-state index in [2.05, 4.69) is 15.6 Å². The Morgan fingerprint density at radius 1 is 1.14 bits per heavy atom. The summed E-state index contributed by atoms with van der Waals surface area (Å²) in [6, 6.07) is 16.9. The predicted molar refractivity (Wildman–Crippen MR) is 114 cm³/mol. The Kier molecular flexibility index (Phi) is 6.50. The summed E-state index contributed by atoms with van der Waals surface area (Å²) in [6.45, 7) is 2.57. The van der Waals surface area contributed by atoms with Crippen LogP contribution in [-0.2, 0) is 6.42 Å². The first kappa shape index (κ1) is 19.7. The van der Waals surface area contributed by atoms with E-state index >= 15 is 0 Å². The maximum atomic E-state index is 12.5. The van der Waals surface area contributed by atoms with Crippen LogP contribution in [-0.4, -0.2) is 24.5 Å². The second kappa shape index (κ2) is 9.24. The number of halogens is 1. The van der Waals surface area contributed by atoms with E-state index in [0.29, 0.717) is 22.9 Å². The molecule has 0 saturated heterocycles. The number of carbonyl (C=O) groups excluding carboxylic acids is 1. The van der Waals surface area contributed by atoms with Crippen molar-refractivity contribution in [3.8, 4) is 5.75 Å². The molecule has 0 fully saturated rings. The zero-order valence-electron chi connectivity index (χ0n) is 15.8. The molecule has 1 aromatic heterocycles. The van der Waals surface area contributed by atoms with Gasteiger partial charge in [0.25, 0.3) is 5.91 Å². The molecule has 0 aliphatic heterocycles. The summed E-state index contributed by atoms with van der Waals surface area (Å²) in [5.41, 5.74) is 3.79. The maximum absolute atomic E-state index is 12.5. The van der Waals surface area contributed by atoms with Crippen molar-refractivity contribution in [2.45, 2.75) is 13.3 Å². The van der Waals surface area contributed by atoms with E-state index in [9.17, 15) is 4.79 Å². The van der Waals surface area contributed by atoms with Gasteiger partial charge in [0.1, 0.15) is 11.4 Å². The second-order valence-corrected chi connectivity index (χ2v) is 6.69. The van der Waals surface area contributed by atoms with Crippen LogP contribution in [0.2, 0.25) is 5.02 Å². The number of methoxy groups -OCH3 is 1. The highest BCUT2D eigenvalue weighted by molar-refractivity contribution is 6.31. The van der Waals surface area contributed by atoms with Crippen LogP contribution in [0.3, 0.4) is 0 Å². The van der Waals surface area contributed by atoms with Crippen LogP contribution >= 0.6 is 11.6 Å². The predicted octanol–water partition coefficient (Wildman–Crippen LogP) is 4.96. The number of pyridine rings is 1. The van der Waals surface area contributed by atoms with Crippen LogP contribution in [0.4, 0.5) is 11.4 Å². The standard InChI is InChI=1S/C22H22ClN3O2/c1-15-18(23)7-5-8-19(15)26-22(27)20-14-17(11-13-25-20)24-12-10-16-6-3-4-9-21(16)28-2/h3-9,11,13-14H,10,12H2,1-2H3,(H,24,25)(H,26,27). The molecule has 5 nitrogen and oxygen atoms in total. The van der Waals surface area contributed by atoms with E-state index in [-0.39, 0.29) is 5.91 Å². The Balaban J connectivity index is 1.63. The van der Waals surface area contributed by atoms with Gasteiger partial charge in [0.05, 0.1) is 7.11 Å². The number of nitrogens with one attached hydrogen (secondary N) is 2. The lowest BCUT2D eigenvalue weighted by atomic mass is 10.1. The van der Waals surface area contributed by atoms with Crippen LogP contribution in [0.1, 0.15) is 21.6 Å². The van der Waals surface area contributed by atoms with Crippen molar-refractivity contribution in [2.24, 2.45) is 0 Å². The number of anilines is 2. The summed E-state index contributed by atoms with van der Waals surface area (Å²) in [5.74, 6) is 0.592. The summed E-state index contributed by atoms with van der Waals surface area (Å²) in [6.07, 6.45) is 2.42. The average molecular weight is 396 g/mol. The van der Waals surface area contributed by atoms with Crippen molar-refractivity contribution in [1.29, 1.82) is 0 Å². The fourth-order valence-corrected chi connectivity index (χ4v) is 3.02. The number of rotatable bonds is 7. The lowest BCUT2D eigenvalue weighted by molar-refractivity contribution is 0.102. The quantitative estimate of drug-likeness (QED) is 0.593. The number of amides is 1. The normalized spacial score (nSPS) is 10.4. The van der Waals surface area contributed by atoms with Crippen molar-refractivity contribution in [2.75, 3.05) is 24.3 Å². The van der Waals surface area contributed by atoms with Gasteiger partial charge in [-0.1, -0.05) is 35.9 Å². The zero-order chi connectivity index (χ0) is 19.9. The molecule has 0 atom stereocenters. The zero-order valence-corrected chi connectivity index (χ0v) is 16.6. The van der Waals surface area contributed by atoms with Crippen molar-refractivity contribution in [3.05, 3.63) is 82.6 Å². The number of benzene rings is 2. The molecule has 1 amide bonds. The number of hydrogen-bond acceptors (Lipinski definition) is 4. The molecule has 0 aliphatic carbocycles. The van der Waals surface area contributed by atoms with Gasteiger partial charge >= 0.3 is 0 Å². The fraction of sp³-hybridized carbons (Fsp3) is 0.182. The van der Waals surface area contributed by atoms with Crippen molar-refractivity contribution < 1.29 is 9.53 Å². The molecule has 0 unspecified atom stereocenters. The highest BCUT2D eigenvalue weighted by Crippen LogP contribution is 2.23. The smallest absolute Gasteiger partial charge is 0.274 e. The van der Waals surface area contributed by atoms with Crippen LogP contribution < -0.4 is 15.4 Å². The van der Waals surface area contributed by atoms with Crippen LogP contribution in [0.25, 0.3) is 0 Å². The van der Waals surface area contributed by atoms with E-state index in [4.69, 9.17) is 16.3 Å². The van der Waals surface area contributed by atoms with E-state index in [0.717, 1.165) is 29.0 Å². The number of nitrogens with zero attached hydrogens (tertiary/aromatic N) is 1. The Labute approximate surface area is 169 Å². The average Bonchev–Trinajstić information content (AvgIpc) is 2.72. The second-order valence-electron chi connectivity index (χ2n) is 6.28. The third-order valence-electron chi connectivity index (χ3n) is 4.42. The van der Waals surface area contributed by atoms with E-state index in [1.165, 1.54) is 0 Å². The molecule has 0 radical (unpaired) electrons. The molecule has 1 heterocycles. The highest BCUT2D eigenvalue weighted by Gasteiger charge is 2.11. The minimum Gasteiger partial charge on any atom is -0.496 e. The minimum atomic E-state index is -0.279. The molecule has 2 aromatic carbocycles. The van der Waals surface area contributed by atoms with Gasteiger partial charge in [0.15, 0.2) is 0 Å². The lowest BCUT2D eigenvalue weighted by Crippen LogP contribution is -2.15. The first-order chi connectivity index (χ1) is 13.6. The van der Waals surface area contributed by atoms with Gasteiger partial charge in [-0.2, -0.15) is 0 Å². The van der Waals surface area contributed by atoms with Gasteiger partial charge in [-0.25, -0.2) is 0 Å². The molecule has 6 heteroatoms. The topological polar surface area (TPSA) is 63.2 Å². The molecule has 0 spiro atoms. The van der Waals surface area contributed by atoms with Gasteiger partial charge in [-0.3, -0.25) is 9.78 Å². The van der Waals surface area contributed by atoms with Crippen LogP contribution in [0, 0.1) is 6.92 Å². The number of hydrogen-bond donors (Lipinski definition) is 2. The Hall–Kier alpha value is -3.05. The number of aromatic nitrogens is 1. The van der Waals surface area contributed by atoms with E-state index < -0.39 is 0 Å². The molecular weight excluding hydrogens is 374 g/mol. The van der Waals surface area contributed by atoms with Gasteiger partial charge in [-0.05, 0) is 54.8 Å². The van der Waals surface area contributed by atoms with Gasteiger partial charge < -0.3 is 15.4 Å². The number of ether oxygens (including phenoxy) is 1. The minimum absolute atomic E-state index is 0.279. The molecule has 3 aromatic rings.